The van der Waals surface area contributed by atoms with Crippen molar-refractivity contribution in [1.29, 1.82) is 0 Å². The fraction of sp³-hybridized carbons (Fsp3) is 0.222. The Morgan fingerprint density at radius 3 is 2.41 bits per heavy atom. The van der Waals surface area contributed by atoms with E-state index in [0.717, 1.165) is 6.26 Å². The van der Waals surface area contributed by atoms with Gasteiger partial charge in [0.1, 0.15) is 4.90 Å². The molecule has 0 aromatic carbocycles. The number of aromatic nitrogens is 4. The second-order valence-corrected chi connectivity index (χ2v) is 5.46. The van der Waals surface area contributed by atoms with Crippen LogP contribution < -0.4 is 0 Å². The number of sulfone groups is 1. The van der Waals surface area contributed by atoms with Gasteiger partial charge in [0.05, 0.1) is 19.0 Å². The molecule has 0 saturated carbocycles. The van der Waals surface area contributed by atoms with E-state index in [4.69, 9.17) is 5.11 Å². The van der Waals surface area contributed by atoms with Gasteiger partial charge in [0.2, 0.25) is 5.95 Å². The van der Waals surface area contributed by atoms with E-state index in [0.29, 0.717) is 5.56 Å². The maximum Gasteiger partial charge on any atom is 0.250 e. The van der Waals surface area contributed by atoms with Crippen LogP contribution in [0.15, 0.2) is 29.7 Å². The molecular formula is C9H10N4O3S. The summed E-state index contributed by atoms with van der Waals surface area (Å²) < 4.78 is 23.8. The van der Waals surface area contributed by atoms with Crippen molar-refractivity contribution in [2.45, 2.75) is 11.5 Å². The molecule has 0 atom stereocenters. The minimum Gasteiger partial charge on any atom is -0.392 e. The van der Waals surface area contributed by atoms with E-state index in [9.17, 15) is 8.42 Å². The Kier molecular flexibility index (Phi) is 2.90. The van der Waals surface area contributed by atoms with Crippen molar-refractivity contribution in [3.8, 4) is 5.95 Å². The molecule has 1 N–H and O–H groups in total. The van der Waals surface area contributed by atoms with Gasteiger partial charge in [0.25, 0.3) is 0 Å². The Labute approximate surface area is 97.7 Å². The van der Waals surface area contributed by atoms with Crippen molar-refractivity contribution in [3.63, 3.8) is 0 Å². The fourth-order valence-corrected chi connectivity index (χ4v) is 1.68. The topological polar surface area (TPSA) is 98.0 Å². The Morgan fingerprint density at radius 2 is 1.94 bits per heavy atom. The summed E-state index contributed by atoms with van der Waals surface area (Å²) in [4.78, 5) is 8.00. The van der Waals surface area contributed by atoms with Gasteiger partial charge in [-0.1, -0.05) is 0 Å². The van der Waals surface area contributed by atoms with Gasteiger partial charge < -0.3 is 5.11 Å². The first-order valence-corrected chi connectivity index (χ1v) is 6.57. The molecule has 7 nitrogen and oxygen atoms in total. The zero-order valence-electron chi connectivity index (χ0n) is 8.98. The summed E-state index contributed by atoms with van der Waals surface area (Å²) in [5, 5.41) is 12.7. The zero-order valence-corrected chi connectivity index (χ0v) is 9.79. The average Bonchev–Trinajstić information content (AvgIpc) is 2.78. The van der Waals surface area contributed by atoms with Crippen LogP contribution in [0.5, 0.6) is 0 Å². The van der Waals surface area contributed by atoms with E-state index in [1.807, 2.05) is 0 Å². The third kappa shape index (κ3) is 2.48. The van der Waals surface area contributed by atoms with Gasteiger partial charge in [-0.2, -0.15) is 5.10 Å². The number of hydrogen-bond donors (Lipinski definition) is 1. The molecule has 0 aliphatic rings. The average molecular weight is 254 g/mol. The summed E-state index contributed by atoms with van der Waals surface area (Å²) in [6, 6.07) is 0. The molecule has 2 heterocycles. The van der Waals surface area contributed by atoms with Gasteiger partial charge in [-0.3, -0.25) is 0 Å². The van der Waals surface area contributed by atoms with E-state index in [1.165, 1.54) is 29.5 Å². The molecule has 0 bridgehead atoms. The van der Waals surface area contributed by atoms with Crippen molar-refractivity contribution < 1.29 is 13.5 Å². The highest BCUT2D eigenvalue weighted by atomic mass is 32.2. The van der Waals surface area contributed by atoms with E-state index < -0.39 is 9.84 Å². The second-order valence-electron chi connectivity index (χ2n) is 3.44. The van der Waals surface area contributed by atoms with Crippen LogP contribution in [-0.4, -0.2) is 39.5 Å². The number of nitrogens with zero attached hydrogens (tertiary/aromatic N) is 4. The summed E-state index contributed by atoms with van der Waals surface area (Å²) in [5.74, 6) is 0.247. The summed E-state index contributed by atoms with van der Waals surface area (Å²) in [6.07, 6.45) is 6.57. The molecule has 0 saturated heterocycles. The third-order valence-electron chi connectivity index (χ3n) is 2.07. The minimum absolute atomic E-state index is 0.104. The first-order chi connectivity index (χ1) is 8.00. The monoisotopic (exact) mass is 254 g/mol. The molecule has 0 spiro atoms. The van der Waals surface area contributed by atoms with Crippen molar-refractivity contribution in [3.05, 3.63) is 30.4 Å². The number of rotatable bonds is 3. The van der Waals surface area contributed by atoms with Crippen LogP contribution in [0, 0.1) is 0 Å². The smallest absolute Gasteiger partial charge is 0.250 e. The third-order valence-corrected chi connectivity index (χ3v) is 3.13. The van der Waals surface area contributed by atoms with Crippen LogP contribution in [-0.2, 0) is 16.4 Å². The van der Waals surface area contributed by atoms with Crippen LogP contribution in [0.2, 0.25) is 0 Å². The summed E-state index contributed by atoms with van der Waals surface area (Å²) in [5.41, 5.74) is 0.573. The predicted molar refractivity (Wildman–Crippen MR) is 58.2 cm³/mol. The molecule has 0 radical (unpaired) electrons. The Morgan fingerprint density at radius 1 is 1.29 bits per heavy atom. The summed E-state index contributed by atoms with van der Waals surface area (Å²) in [6.45, 7) is -0.145. The highest BCUT2D eigenvalue weighted by molar-refractivity contribution is 7.90. The fourth-order valence-electron chi connectivity index (χ4n) is 1.16. The van der Waals surface area contributed by atoms with Crippen molar-refractivity contribution in [1.82, 2.24) is 19.7 Å². The molecule has 0 unspecified atom stereocenters. The van der Waals surface area contributed by atoms with Crippen LogP contribution in [0.1, 0.15) is 5.56 Å². The van der Waals surface area contributed by atoms with E-state index >= 15 is 0 Å². The molecule has 2 aromatic rings. The largest absolute Gasteiger partial charge is 0.392 e. The highest BCUT2D eigenvalue weighted by Gasteiger charge is 2.11. The van der Waals surface area contributed by atoms with Crippen LogP contribution in [0.25, 0.3) is 5.95 Å². The van der Waals surface area contributed by atoms with Gasteiger partial charge in [-0.25, -0.2) is 23.1 Å². The van der Waals surface area contributed by atoms with Crippen molar-refractivity contribution in [2.24, 2.45) is 0 Å². The van der Waals surface area contributed by atoms with E-state index in [-0.39, 0.29) is 17.5 Å². The molecule has 0 aliphatic heterocycles. The lowest BCUT2D eigenvalue weighted by atomic mass is 10.4. The molecule has 90 valence electrons. The number of hydrogen-bond acceptors (Lipinski definition) is 6. The van der Waals surface area contributed by atoms with E-state index in [1.54, 1.807) is 0 Å². The van der Waals surface area contributed by atoms with Crippen molar-refractivity contribution >= 4 is 9.84 Å². The van der Waals surface area contributed by atoms with Gasteiger partial charge >= 0.3 is 0 Å². The first-order valence-electron chi connectivity index (χ1n) is 4.67. The van der Waals surface area contributed by atoms with Crippen LogP contribution in [0.4, 0.5) is 0 Å². The molecule has 2 rings (SSSR count). The van der Waals surface area contributed by atoms with Gasteiger partial charge in [-0.05, 0) is 0 Å². The lowest BCUT2D eigenvalue weighted by Gasteiger charge is -1.99. The molecule has 0 fully saturated rings. The predicted octanol–water partition coefficient (Wildman–Crippen LogP) is -0.442. The summed E-state index contributed by atoms with van der Waals surface area (Å²) >= 11 is 0. The highest BCUT2D eigenvalue weighted by Crippen LogP contribution is 2.09. The minimum atomic E-state index is -3.28. The Hall–Kier alpha value is -1.80. The molecule has 8 heteroatoms. The first kappa shape index (κ1) is 11.7. The molecule has 2 aromatic heterocycles. The molecule has 0 amide bonds. The Bertz CT molecular complexity index is 618. The molecule has 17 heavy (non-hydrogen) atoms. The summed E-state index contributed by atoms with van der Waals surface area (Å²) in [7, 11) is -3.28. The number of aliphatic hydroxyl groups is 1. The van der Waals surface area contributed by atoms with Gasteiger partial charge in [0.15, 0.2) is 9.84 Å². The standard InChI is InChI=1S/C9H10N4O3S/c1-17(15,16)8-4-12-13(5-8)9-10-2-7(6-14)3-11-9/h2-5,14H,6H2,1H3. The Balaban J connectivity index is 2.37. The van der Waals surface area contributed by atoms with Gasteiger partial charge in [0, 0.05) is 24.2 Å². The molecular weight excluding hydrogens is 244 g/mol. The maximum atomic E-state index is 11.3. The van der Waals surface area contributed by atoms with Crippen LogP contribution in [0.3, 0.4) is 0 Å². The molecule has 0 aliphatic carbocycles. The van der Waals surface area contributed by atoms with E-state index in [2.05, 4.69) is 15.1 Å². The number of aliphatic hydroxyl groups excluding tert-OH is 1. The zero-order chi connectivity index (χ0) is 12.5. The normalized spacial score (nSPS) is 11.6. The van der Waals surface area contributed by atoms with Crippen molar-refractivity contribution in [2.75, 3.05) is 6.26 Å². The maximum absolute atomic E-state index is 11.3. The second kappa shape index (κ2) is 4.22. The lowest BCUT2D eigenvalue weighted by molar-refractivity contribution is 0.281. The SMILES string of the molecule is CS(=O)(=O)c1cnn(-c2ncc(CO)cn2)c1. The van der Waals surface area contributed by atoms with Gasteiger partial charge in [-0.15, -0.1) is 0 Å². The lowest BCUT2D eigenvalue weighted by Crippen LogP contribution is -2.02. The van der Waals surface area contributed by atoms with Crippen LogP contribution >= 0.6 is 0 Å². The quantitative estimate of drug-likeness (QED) is 0.797.